The van der Waals surface area contributed by atoms with Crippen LogP contribution in [0.3, 0.4) is 0 Å². The molecule has 19 heavy (non-hydrogen) atoms. The van der Waals surface area contributed by atoms with E-state index in [1.807, 2.05) is 54.6 Å². The fraction of sp³-hybridized carbons (Fsp3) is 0.0667. The highest BCUT2D eigenvalue weighted by atomic mass is 16.6. The van der Waals surface area contributed by atoms with Crippen molar-refractivity contribution >= 4 is 11.6 Å². The molecule has 2 aromatic carbocycles. The summed E-state index contributed by atoms with van der Waals surface area (Å²) in [5.74, 6) is 1.37. The second kappa shape index (κ2) is 4.57. The van der Waals surface area contributed by atoms with E-state index in [0.29, 0.717) is 17.1 Å². The molecule has 0 radical (unpaired) electrons. The van der Waals surface area contributed by atoms with Gasteiger partial charge in [-0.1, -0.05) is 36.4 Å². The Bertz CT molecular complexity index is 677. The third kappa shape index (κ3) is 2.20. The van der Waals surface area contributed by atoms with Crippen LogP contribution in [0.15, 0.2) is 48.5 Å². The van der Waals surface area contributed by atoms with Crippen molar-refractivity contribution in [1.29, 1.82) is 0 Å². The monoisotopic (exact) mass is 253 g/mol. The van der Waals surface area contributed by atoms with Gasteiger partial charge in [0.15, 0.2) is 0 Å². The zero-order valence-corrected chi connectivity index (χ0v) is 10.1. The van der Waals surface area contributed by atoms with Crippen LogP contribution in [-0.4, -0.2) is 11.5 Å². The van der Waals surface area contributed by atoms with Gasteiger partial charge in [-0.05, 0) is 18.2 Å². The van der Waals surface area contributed by atoms with Gasteiger partial charge in [0.05, 0.1) is 0 Å². The predicted octanol–water partition coefficient (Wildman–Crippen LogP) is 3.61. The number of nitro groups is 1. The highest BCUT2D eigenvalue weighted by Gasteiger charge is 2.18. The first-order chi connectivity index (χ1) is 9.24. The molecule has 0 amide bonds. The van der Waals surface area contributed by atoms with Crippen LogP contribution in [0.2, 0.25) is 0 Å². The maximum absolute atomic E-state index is 10.8. The van der Waals surface area contributed by atoms with Gasteiger partial charge < -0.3 is 4.74 Å². The first-order valence-electron chi connectivity index (χ1n) is 5.93. The van der Waals surface area contributed by atoms with Crippen LogP contribution in [0.25, 0.3) is 11.6 Å². The number of rotatable bonds is 2. The summed E-state index contributed by atoms with van der Waals surface area (Å²) in [5.41, 5.74) is 2.29. The topological polar surface area (TPSA) is 52.4 Å². The molecule has 4 heteroatoms. The lowest BCUT2D eigenvalue weighted by Crippen LogP contribution is -2.03. The first-order valence-corrected chi connectivity index (χ1v) is 5.93. The quantitative estimate of drug-likeness (QED) is 0.606. The number of hydrogen-bond donors (Lipinski definition) is 0. The van der Waals surface area contributed by atoms with Crippen LogP contribution >= 0.6 is 0 Å². The SMILES string of the molecule is O=[N+]([O-])CC1=Cc2ccccc2Oc2ccccc21. The number of fused-ring (bicyclic) bond motifs is 2. The summed E-state index contributed by atoms with van der Waals surface area (Å²) >= 11 is 0. The zero-order chi connectivity index (χ0) is 13.2. The van der Waals surface area contributed by atoms with Crippen molar-refractivity contribution in [2.24, 2.45) is 0 Å². The molecule has 0 atom stereocenters. The van der Waals surface area contributed by atoms with E-state index in [1.54, 1.807) is 0 Å². The highest BCUT2D eigenvalue weighted by Crippen LogP contribution is 2.37. The second-order valence-electron chi connectivity index (χ2n) is 4.30. The molecule has 0 fully saturated rings. The standard InChI is InChI=1S/C15H11NO3/c17-16(18)10-12-9-11-5-1-3-7-14(11)19-15-8-4-2-6-13(12)15/h1-9H,10H2. The van der Waals surface area contributed by atoms with Crippen molar-refractivity contribution in [2.75, 3.05) is 6.54 Å². The summed E-state index contributed by atoms with van der Waals surface area (Å²) < 4.78 is 5.84. The maximum atomic E-state index is 10.8. The van der Waals surface area contributed by atoms with Gasteiger partial charge >= 0.3 is 0 Å². The van der Waals surface area contributed by atoms with E-state index in [1.165, 1.54) is 0 Å². The molecule has 0 N–H and O–H groups in total. The molecule has 0 saturated heterocycles. The smallest absolute Gasteiger partial charge is 0.229 e. The van der Waals surface area contributed by atoms with Crippen molar-refractivity contribution in [1.82, 2.24) is 0 Å². The summed E-state index contributed by atoms with van der Waals surface area (Å²) in [7, 11) is 0. The number of nitrogens with zero attached hydrogens (tertiary/aromatic N) is 1. The largest absolute Gasteiger partial charge is 0.456 e. The van der Waals surface area contributed by atoms with Crippen molar-refractivity contribution in [3.05, 3.63) is 69.8 Å². The molecule has 0 saturated carbocycles. The number of para-hydroxylation sites is 2. The fourth-order valence-corrected chi connectivity index (χ4v) is 2.17. The van der Waals surface area contributed by atoms with Crippen LogP contribution < -0.4 is 4.74 Å². The van der Waals surface area contributed by atoms with Gasteiger partial charge in [-0.15, -0.1) is 0 Å². The van der Waals surface area contributed by atoms with Gasteiger partial charge in [-0.2, -0.15) is 0 Å². The van der Waals surface area contributed by atoms with Crippen LogP contribution in [0.5, 0.6) is 11.5 Å². The van der Waals surface area contributed by atoms with Crippen molar-refractivity contribution in [3.63, 3.8) is 0 Å². The Balaban J connectivity index is 2.19. The molecule has 3 rings (SSSR count). The van der Waals surface area contributed by atoms with Crippen LogP contribution in [0.1, 0.15) is 11.1 Å². The Morgan fingerprint density at radius 3 is 2.47 bits per heavy atom. The Morgan fingerprint density at radius 2 is 1.68 bits per heavy atom. The Kier molecular flexibility index (Phi) is 2.76. The molecular formula is C15H11NO3. The minimum atomic E-state index is -0.323. The molecule has 1 aliphatic rings. The molecule has 0 unspecified atom stereocenters. The second-order valence-corrected chi connectivity index (χ2v) is 4.30. The molecule has 94 valence electrons. The summed E-state index contributed by atoms with van der Waals surface area (Å²) in [6.45, 7) is -0.214. The molecule has 0 aromatic heterocycles. The maximum Gasteiger partial charge on any atom is 0.229 e. The van der Waals surface area contributed by atoms with Crippen LogP contribution in [0.4, 0.5) is 0 Å². The minimum Gasteiger partial charge on any atom is -0.456 e. The molecule has 1 heterocycles. The van der Waals surface area contributed by atoms with Gasteiger partial charge in [-0.3, -0.25) is 10.1 Å². The zero-order valence-electron chi connectivity index (χ0n) is 10.1. The molecular weight excluding hydrogens is 242 g/mol. The average Bonchev–Trinajstić information content (AvgIpc) is 2.55. The molecule has 0 spiro atoms. The fourth-order valence-electron chi connectivity index (χ4n) is 2.17. The van der Waals surface area contributed by atoms with Crippen LogP contribution in [0, 0.1) is 10.1 Å². The summed E-state index contributed by atoms with van der Waals surface area (Å²) in [6.07, 6.45) is 1.82. The lowest BCUT2D eigenvalue weighted by molar-refractivity contribution is -0.465. The van der Waals surface area contributed by atoms with Crippen molar-refractivity contribution in [3.8, 4) is 11.5 Å². The predicted molar refractivity (Wildman–Crippen MR) is 72.7 cm³/mol. The van der Waals surface area contributed by atoms with Gasteiger partial charge in [0.25, 0.3) is 0 Å². The normalized spacial score (nSPS) is 12.5. The van der Waals surface area contributed by atoms with E-state index in [-0.39, 0.29) is 11.5 Å². The lowest BCUT2D eigenvalue weighted by atomic mass is 10.0. The van der Waals surface area contributed by atoms with Gasteiger partial charge in [-0.25, -0.2) is 0 Å². The number of ether oxygens (including phenoxy) is 1. The van der Waals surface area contributed by atoms with E-state index in [9.17, 15) is 10.1 Å². The van der Waals surface area contributed by atoms with Crippen LogP contribution in [-0.2, 0) is 0 Å². The molecule has 2 aromatic rings. The summed E-state index contributed by atoms with van der Waals surface area (Å²) in [5, 5.41) is 10.8. The molecule has 4 nitrogen and oxygen atoms in total. The van der Waals surface area contributed by atoms with E-state index in [0.717, 1.165) is 11.1 Å². The highest BCUT2D eigenvalue weighted by molar-refractivity contribution is 5.87. The van der Waals surface area contributed by atoms with E-state index in [2.05, 4.69) is 0 Å². The van der Waals surface area contributed by atoms with E-state index < -0.39 is 0 Å². The van der Waals surface area contributed by atoms with Crippen molar-refractivity contribution in [2.45, 2.75) is 0 Å². The third-order valence-corrected chi connectivity index (χ3v) is 3.00. The Morgan fingerprint density at radius 1 is 1.00 bits per heavy atom. The van der Waals surface area contributed by atoms with Gasteiger partial charge in [0.2, 0.25) is 6.54 Å². The third-order valence-electron chi connectivity index (χ3n) is 3.00. The minimum absolute atomic E-state index is 0.214. The summed E-state index contributed by atoms with van der Waals surface area (Å²) in [4.78, 5) is 10.5. The number of hydrogen-bond acceptors (Lipinski definition) is 3. The summed E-state index contributed by atoms with van der Waals surface area (Å²) in [6, 6.07) is 14.9. The van der Waals surface area contributed by atoms with E-state index in [4.69, 9.17) is 4.74 Å². The average molecular weight is 253 g/mol. The molecule has 0 bridgehead atoms. The Labute approximate surface area is 110 Å². The lowest BCUT2D eigenvalue weighted by Gasteiger charge is -2.08. The van der Waals surface area contributed by atoms with E-state index >= 15 is 0 Å². The van der Waals surface area contributed by atoms with Gasteiger partial charge in [0, 0.05) is 21.6 Å². The van der Waals surface area contributed by atoms with Gasteiger partial charge in [0.1, 0.15) is 11.5 Å². The Hall–Kier alpha value is -2.62. The number of benzene rings is 2. The first kappa shape index (κ1) is 11.5. The molecule has 1 aliphatic heterocycles. The molecule has 0 aliphatic carbocycles. The van der Waals surface area contributed by atoms with Crippen molar-refractivity contribution < 1.29 is 9.66 Å².